The second-order valence-electron chi connectivity index (χ2n) is 3.85. The van der Waals surface area contributed by atoms with Crippen molar-refractivity contribution in [1.82, 2.24) is 4.57 Å². The molecule has 1 aromatic carbocycles. The molecule has 6 heteroatoms. The van der Waals surface area contributed by atoms with Crippen molar-refractivity contribution in [2.24, 2.45) is 0 Å². The van der Waals surface area contributed by atoms with E-state index in [1.54, 1.807) is 29.1 Å². The summed E-state index contributed by atoms with van der Waals surface area (Å²) in [5, 5.41) is 0. The number of carbonyl (C=O) groups is 1. The van der Waals surface area contributed by atoms with Gasteiger partial charge < -0.3 is 9.30 Å². The summed E-state index contributed by atoms with van der Waals surface area (Å²) in [7, 11) is 0. The van der Waals surface area contributed by atoms with Gasteiger partial charge in [-0.05, 0) is 24.3 Å². The number of hydrogen-bond acceptors (Lipinski definition) is 2. The van der Waals surface area contributed by atoms with Gasteiger partial charge in [0.25, 0.3) is 0 Å². The summed E-state index contributed by atoms with van der Waals surface area (Å²) in [6.45, 7) is 0.0719. The van der Waals surface area contributed by atoms with Crippen LogP contribution in [-0.4, -0.2) is 16.7 Å². The number of ketones is 1. The Labute approximate surface area is 107 Å². The number of ether oxygens (including phenoxy) is 1. The van der Waals surface area contributed by atoms with E-state index >= 15 is 0 Å². The van der Waals surface area contributed by atoms with Gasteiger partial charge in [0, 0.05) is 18.0 Å². The highest BCUT2D eigenvalue weighted by atomic mass is 19.4. The lowest BCUT2D eigenvalue weighted by Crippen LogP contribution is -2.17. The van der Waals surface area contributed by atoms with Crippen LogP contribution in [0.1, 0.15) is 10.4 Å². The molecule has 1 heterocycles. The molecular formula is C13H10F3NO2. The largest absolute Gasteiger partial charge is 0.573 e. The van der Waals surface area contributed by atoms with Crippen LogP contribution < -0.4 is 4.74 Å². The molecule has 2 aromatic rings. The summed E-state index contributed by atoms with van der Waals surface area (Å²) in [6, 6.07) is 8.56. The number of rotatable bonds is 4. The third-order valence-electron chi connectivity index (χ3n) is 2.38. The highest BCUT2D eigenvalue weighted by Gasteiger charge is 2.31. The average molecular weight is 269 g/mol. The van der Waals surface area contributed by atoms with Crippen LogP contribution in [-0.2, 0) is 6.54 Å². The molecule has 0 radical (unpaired) electrons. The summed E-state index contributed by atoms with van der Waals surface area (Å²) in [6.07, 6.45) is -1.36. The van der Waals surface area contributed by atoms with E-state index in [0.717, 1.165) is 12.1 Å². The Balaban J connectivity index is 2.12. The van der Waals surface area contributed by atoms with E-state index < -0.39 is 12.1 Å². The van der Waals surface area contributed by atoms with E-state index in [0.29, 0.717) is 0 Å². The molecule has 0 aliphatic rings. The molecule has 2 rings (SSSR count). The first-order valence-corrected chi connectivity index (χ1v) is 5.44. The van der Waals surface area contributed by atoms with Crippen LogP contribution in [0, 0.1) is 0 Å². The van der Waals surface area contributed by atoms with Crippen molar-refractivity contribution in [2.45, 2.75) is 12.9 Å². The highest BCUT2D eigenvalue weighted by molar-refractivity contribution is 5.96. The van der Waals surface area contributed by atoms with Crippen molar-refractivity contribution in [3.63, 3.8) is 0 Å². The van der Waals surface area contributed by atoms with Crippen molar-refractivity contribution < 1.29 is 22.7 Å². The standard InChI is InChI=1S/C13H10F3NO2/c14-13(15,16)19-11-5-3-4-10(8-11)12(18)9-17-6-1-2-7-17/h1-8H,9H2. The van der Waals surface area contributed by atoms with Crippen LogP contribution >= 0.6 is 0 Å². The highest BCUT2D eigenvalue weighted by Crippen LogP contribution is 2.23. The van der Waals surface area contributed by atoms with Crippen molar-refractivity contribution >= 4 is 5.78 Å². The fourth-order valence-electron chi connectivity index (χ4n) is 1.60. The number of nitrogens with zero attached hydrogens (tertiary/aromatic N) is 1. The Kier molecular flexibility index (Phi) is 3.59. The molecule has 0 saturated heterocycles. The van der Waals surface area contributed by atoms with E-state index in [4.69, 9.17) is 0 Å². The van der Waals surface area contributed by atoms with E-state index in [-0.39, 0.29) is 17.9 Å². The fraction of sp³-hybridized carbons (Fsp3) is 0.154. The molecule has 0 saturated carbocycles. The molecule has 3 nitrogen and oxygen atoms in total. The van der Waals surface area contributed by atoms with Gasteiger partial charge in [0.1, 0.15) is 5.75 Å². The first-order valence-electron chi connectivity index (χ1n) is 5.44. The predicted molar refractivity (Wildman–Crippen MR) is 61.9 cm³/mol. The minimum absolute atomic E-state index is 0.0719. The van der Waals surface area contributed by atoms with Crippen molar-refractivity contribution in [3.05, 3.63) is 54.4 Å². The molecule has 19 heavy (non-hydrogen) atoms. The van der Waals surface area contributed by atoms with Crippen molar-refractivity contribution in [2.75, 3.05) is 0 Å². The number of carbonyl (C=O) groups excluding carboxylic acids is 1. The van der Waals surface area contributed by atoms with Crippen molar-refractivity contribution in [1.29, 1.82) is 0 Å². The Morgan fingerprint density at radius 2 is 1.84 bits per heavy atom. The minimum Gasteiger partial charge on any atom is -0.406 e. The van der Waals surface area contributed by atoms with Gasteiger partial charge in [-0.1, -0.05) is 12.1 Å². The molecule has 100 valence electrons. The summed E-state index contributed by atoms with van der Waals surface area (Å²) in [5.41, 5.74) is 0.176. The molecule has 0 N–H and O–H groups in total. The Hall–Kier alpha value is -2.24. The van der Waals surface area contributed by atoms with Crippen LogP contribution in [0.2, 0.25) is 0 Å². The quantitative estimate of drug-likeness (QED) is 0.798. The van der Waals surface area contributed by atoms with Gasteiger partial charge >= 0.3 is 6.36 Å². The maximum Gasteiger partial charge on any atom is 0.573 e. The van der Waals surface area contributed by atoms with Gasteiger partial charge in [0.2, 0.25) is 0 Å². The van der Waals surface area contributed by atoms with Crippen LogP contribution in [0.5, 0.6) is 5.75 Å². The number of hydrogen-bond donors (Lipinski definition) is 0. The van der Waals surface area contributed by atoms with Gasteiger partial charge in [0.15, 0.2) is 5.78 Å². The average Bonchev–Trinajstić information content (AvgIpc) is 2.80. The lowest BCUT2D eigenvalue weighted by atomic mass is 10.1. The van der Waals surface area contributed by atoms with Gasteiger partial charge in [-0.3, -0.25) is 4.79 Å². The Bertz CT molecular complexity index is 562. The molecule has 0 atom stereocenters. The molecule has 0 aliphatic carbocycles. The Morgan fingerprint density at radius 3 is 2.47 bits per heavy atom. The maximum absolute atomic E-state index is 12.1. The molecule has 0 unspecified atom stereocenters. The smallest absolute Gasteiger partial charge is 0.406 e. The molecule has 0 amide bonds. The fourth-order valence-corrected chi connectivity index (χ4v) is 1.60. The van der Waals surface area contributed by atoms with Gasteiger partial charge in [0.05, 0.1) is 6.54 Å². The summed E-state index contributed by atoms with van der Waals surface area (Å²) in [4.78, 5) is 11.9. The zero-order valence-electron chi connectivity index (χ0n) is 9.72. The number of benzene rings is 1. The lowest BCUT2D eigenvalue weighted by molar-refractivity contribution is -0.274. The number of Topliss-reactive ketones (excluding diaryl/α,β-unsaturated/α-hetero) is 1. The van der Waals surface area contributed by atoms with Crippen LogP contribution in [0.25, 0.3) is 0 Å². The Morgan fingerprint density at radius 1 is 1.16 bits per heavy atom. The molecular weight excluding hydrogens is 259 g/mol. The van der Waals surface area contributed by atoms with E-state index in [1.165, 1.54) is 12.1 Å². The monoisotopic (exact) mass is 269 g/mol. The summed E-state index contributed by atoms with van der Waals surface area (Å²) < 4.78 is 41.6. The molecule has 0 bridgehead atoms. The third-order valence-corrected chi connectivity index (χ3v) is 2.38. The van der Waals surface area contributed by atoms with Gasteiger partial charge in [-0.15, -0.1) is 13.2 Å². The van der Waals surface area contributed by atoms with Crippen molar-refractivity contribution in [3.8, 4) is 5.75 Å². The second-order valence-corrected chi connectivity index (χ2v) is 3.85. The number of aromatic nitrogens is 1. The van der Waals surface area contributed by atoms with E-state index in [9.17, 15) is 18.0 Å². The first kappa shape index (κ1) is 13.2. The zero-order chi connectivity index (χ0) is 13.9. The molecule has 0 spiro atoms. The molecule has 1 aromatic heterocycles. The number of halogens is 3. The predicted octanol–water partition coefficient (Wildman–Crippen LogP) is 3.27. The van der Waals surface area contributed by atoms with Gasteiger partial charge in [-0.25, -0.2) is 0 Å². The molecule has 0 aliphatic heterocycles. The summed E-state index contributed by atoms with van der Waals surface area (Å²) >= 11 is 0. The zero-order valence-corrected chi connectivity index (χ0v) is 9.72. The minimum atomic E-state index is -4.76. The van der Waals surface area contributed by atoms with E-state index in [2.05, 4.69) is 4.74 Å². The normalized spacial score (nSPS) is 11.3. The SMILES string of the molecule is O=C(Cn1cccc1)c1cccc(OC(F)(F)F)c1. The second kappa shape index (κ2) is 5.17. The van der Waals surface area contributed by atoms with Crippen LogP contribution in [0.15, 0.2) is 48.8 Å². The number of alkyl halides is 3. The third kappa shape index (κ3) is 3.87. The lowest BCUT2D eigenvalue weighted by Gasteiger charge is -2.09. The van der Waals surface area contributed by atoms with Gasteiger partial charge in [-0.2, -0.15) is 0 Å². The maximum atomic E-state index is 12.1. The summed E-state index contributed by atoms with van der Waals surface area (Å²) in [5.74, 6) is -0.685. The topological polar surface area (TPSA) is 31.2 Å². The first-order chi connectivity index (χ1) is 8.94. The molecule has 0 fully saturated rings. The van der Waals surface area contributed by atoms with Crippen LogP contribution in [0.4, 0.5) is 13.2 Å². The van der Waals surface area contributed by atoms with E-state index in [1.807, 2.05) is 0 Å². The van der Waals surface area contributed by atoms with Crippen LogP contribution in [0.3, 0.4) is 0 Å².